The second kappa shape index (κ2) is 3.81. The summed E-state index contributed by atoms with van der Waals surface area (Å²) in [6, 6.07) is 1.07. The Morgan fingerprint density at radius 2 is 2.21 bits per heavy atom. The molecular weight excluding hydrogens is 197 g/mol. The predicted molar refractivity (Wildman–Crippen MR) is 42.9 cm³/mol. The van der Waals surface area contributed by atoms with Crippen LogP contribution >= 0.6 is 0 Å². The molecule has 14 heavy (non-hydrogen) atoms. The Hall–Kier alpha value is -1.33. The van der Waals surface area contributed by atoms with Gasteiger partial charge in [0.2, 0.25) is 0 Å². The minimum Gasteiger partial charge on any atom is -0.282 e. The van der Waals surface area contributed by atoms with Crippen molar-refractivity contribution in [3.05, 3.63) is 18.0 Å². The summed E-state index contributed by atoms with van der Waals surface area (Å²) in [6.45, 7) is 2.10. The molecular formula is C8H9F3N2O. The third-order valence-corrected chi connectivity index (χ3v) is 1.64. The number of hydrogen-bond donors (Lipinski definition) is 0. The van der Waals surface area contributed by atoms with E-state index in [0.717, 1.165) is 10.7 Å². The predicted octanol–water partition coefficient (Wildman–Crippen LogP) is 2.04. The minimum atomic E-state index is -4.83. The van der Waals surface area contributed by atoms with Crippen LogP contribution in [0.25, 0.3) is 0 Å². The van der Waals surface area contributed by atoms with Gasteiger partial charge in [-0.3, -0.25) is 9.48 Å². The second-order valence-corrected chi connectivity index (χ2v) is 2.77. The van der Waals surface area contributed by atoms with Crippen molar-refractivity contribution in [2.75, 3.05) is 0 Å². The van der Waals surface area contributed by atoms with Crippen molar-refractivity contribution >= 4 is 5.78 Å². The maximum atomic E-state index is 12.0. The van der Waals surface area contributed by atoms with E-state index in [9.17, 15) is 18.0 Å². The molecule has 0 N–H and O–H groups in total. The van der Waals surface area contributed by atoms with Crippen LogP contribution in [0.1, 0.15) is 23.8 Å². The molecule has 0 aromatic carbocycles. The molecule has 0 aliphatic heterocycles. The number of carbonyl (C=O) groups excluding carboxylic acids is 1. The smallest absolute Gasteiger partial charge is 0.282 e. The van der Waals surface area contributed by atoms with E-state index in [1.165, 1.54) is 6.20 Å². The van der Waals surface area contributed by atoms with Crippen LogP contribution in [-0.4, -0.2) is 21.7 Å². The topological polar surface area (TPSA) is 34.9 Å². The highest BCUT2D eigenvalue weighted by Crippen LogP contribution is 2.21. The fraction of sp³-hybridized carbons (Fsp3) is 0.500. The van der Waals surface area contributed by atoms with Crippen LogP contribution in [0, 0.1) is 0 Å². The fourth-order valence-electron chi connectivity index (χ4n) is 1.06. The van der Waals surface area contributed by atoms with Gasteiger partial charge < -0.3 is 0 Å². The van der Waals surface area contributed by atoms with E-state index in [-0.39, 0.29) is 0 Å². The first-order valence-corrected chi connectivity index (χ1v) is 4.10. The quantitative estimate of drug-likeness (QED) is 0.709. The third-order valence-electron chi connectivity index (χ3n) is 1.64. The number of aryl methyl sites for hydroxylation is 1. The van der Waals surface area contributed by atoms with Gasteiger partial charge in [0, 0.05) is 12.7 Å². The van der Waals surface area contributed by atoms with E-state index in [1.54, 1.807) is 6.92 Å². The van der Waals surface area contributed by atoms with Gasteiger partial charge in [0.15, 0.2) is 0 Å². The average molecular weight is 206 g/mol. The molecule has 1 aromatic rings. The summed E-state index contributed by atoms with van der Waals surface area (Å²) in [4.78, 5) is 10.8. The Kier molecular flexibility index (Phi) is 2.93. The largest absolute Gasteiger partial charge is 0.456 e. The molecule has 0 radical (unpaired) electrons. The number of halogens is 3. The highest BCUT2D eigenvalue weighted by molar-refractivity contribution is 5.98. The highest BCUT2D eigenvalue weighted by Gasteiger charge is 2.41. The van der Waals surface area contributed by atoms with Crippen molar-refractivity contribution in [1.82, 2.24) is 9.78 Å². The van der Waals surface area contributed by atoms with Crippen LogP contribution in [0.3, 0.4) is 0 Å². The lowest BCUT2D eigenvalue weighted by molar-refractivity contribution is -0.0891. The van der Waals surface area contributed by atoms with E-state index in [1.807, 2.05) is 0 Å². The van der Waals surface area contributed by atoms with Gasteiger partial charge in [-0.2, -0.15) is 18.3 Å². The lowest BCUT2D eigenvalue weighted by atomic mass is 10.3. The molecule has 0 saturated heterocycles. The first-order chi connectivity index (χ1) is 6.46. The Labute approximate surface area is 78.5 Å². The van der Waals surface area contributed by atoms with E-state index in [4.69, 9.17) is 0 Å². The maximum Gasteiger partial charge on any atom is 0.456 e. The molecule has 1 aromatic heterocycles. The summed E-state index contributed by atoms with van der Waals surface area (Å²) in [5.41, 5.74) is -0.403. The van der Waals surface area contributed by atoms with Crippen LogP contribution in [0.2, 0.25) is 0 Å². The van der Waals surface area contributed by atoms with E-state index in [0.29, 0.717) is 13.0 Å². The maximum absolute atomic E-state index is 12.0. The summed E-state index contributed by atoms with van der Waals surface area (Å²) >= 11 is 0. The number of alkyl halides is 3. The minimum absolute atomic E-state index is 0.310. The van der Waals surface area contributed by atoms with Crippen LogP contribution in [-0.2, 0) is 6.54 Å². The lowest BCUT2D eigenvalue weighted by Crippen LogP contribution is -2.25. The lowest BCUT2D eigenvalue weighted by Gasteiger charge is -2.07. The molecule has 0 spiro atoms. The number of Topliss-reactive ketones (excluding diaryl/α,β-unsaturated/α-hetero) is 1. The number of hydrogen-bond acceptors (Lipinski definition) is 2. The summed E-state index contributed by atoms with van der Waals surface area (Å²) in [5, 5.41) is 3.64. The van der Waals surface area contributed by atoms with Crippen LogP contribution in [0.15, 0.2) is 12.3 Å². The standard InChI is InChI=1S/C8H9F3N2O/c1-2-5-13-6(3-4-12-13)7(14)8(9,10)11/h3-4H,2,5H2,1H3. The van der Waals surface area contributed by atoms with Crippen LogP contribution in [0.5, 0.6) is 0 Å². The van der Waals surface area contributed by atoms with Crippen LogP contribution < -0.4 is 0 Å². The van der Waals surface area contributed by atoms with E-state index >= 15 is 0 Å². The zero-order valence-corrected chi connectivity index (χ0v) is 7.51. The highest BCUT2D eigenvalue weighted by atomic mass is 19.4. The molecule has 0 aliphatic carbocycles. The van der Waals surface area contributed by atoms with Gasteiger partial charge >= 0.3 is 6.18 Å². The van der Waals surface area contributed by atoms with Crippen molar-refractivity contribution in [1.29, 1.82) is 0 Å². The molecule has 3 nitrogen and oxygen atoms in total. The Morgan fingerprint density at radius 3 is 2.71 bits per heavy atom. The van der Waals surface area contributed by atoms with Gasteiger partial charge in [-0.25, -0.2) is 0 Å². The van der Waals surface area contributed by atoms with Crippen LogP contribution in [0.4, 0.5) is 13.2 Å². The van der Waals surface area contributed by atoms with E-state index in [2.05, 4.69) is 5.10 Å². The molecule has 0 saturated carbocycles. The van der Waals surface area contributed by atoms with Crippen molar-refractivity contribution in [3.8, 4) is 0 Å². The Morgan fingerprint density at radius 1 is 1.57 bits per heavy atom. The third kappa shape index (κ3) is 2.12. The first-order valence-electron chi connectivity index (χ1n) is 4.10. The van der Waals surface area contributed by atoms with Gasteiger partial charge in [0.05, 0.1) is 0 Å². The first kappa shape index (κ1) is 10.7. The van der Waals surface area contributed by atoms with Crippen molar-refractivity contribution in [2.24, 2.45) is 0 Å². The number of aromatic nitrogens is 2. The Bertz CT molecular complexity index is 330. The molecule has 1 heterocycles. The molecule has 0 amide bonds. The SMILES string of the molecule is CCCn1nccc1C(=O)C(F)(F)F. The molecule has 0 atom stereocenters. The number of rotatable bonds is 3. The van der Waals surface area contributed by atoms with Crippen molar-refractivity contribution in [3.63, 3.8) is 0 Å². The zero-order chi connectivity index (χ0) is 10.8. The van der Waals surface area contributed by atoms with Crippen molar-refractivity contribution in [2.45, 2.75) is 26.1 Å². The zero-order valence-electron chi connectivity index (χ0n) is 7.51. The molecule has 0 aliphatic rings. The van der Waals surface area contributed by atoms with Gasteiger partial charge in [0.1, 0.15) is 5.69 Å². The summed E-state index contributed by atoms with van der Waals surface area (Å²) in [5.74, 6) is -1.84. The average Bonchev–Trinajstić information content (AvgIpc) is 2.50. The van der Waals surface area contributed by atoms with Crippen molar-refractivity contribution < 1.29 is 18.0 Å². The molecule has 0 bridgehead atoms. The monoisotopic (exact) mass is 206 g/mol. The summed E-state index contributed by atoms with van der Waals surface area (Å²) in [6.07, 6.45) is -3.01. The van der Waals surface area contributed by atoms with E-state index < -0.39 is 17.7 Å². The van der Waals surface area contributed by atoms with Gasteiger partial charge in [-0.05, 0) is 12.5 Å². The number of carbonyl (C=O) groups is 1. The molecule has 0 fully saturated rings. The second-order valence-electron chi connectivity index (χ2n) is 2.77. The molecule has 1 rings (SSSR count). The Balaban J connectivity index is 2.95. The van der Waals surface area contributed by atoms with Gasteiger partial charge in [0.25, 0.3) is 5.78 Å². The summed E-state index contributed by atoms with van der Waals surface area (Å²) in [7, 11) is 0. The van der Waals surface area contributed by atoms with Gasteiger partial charge in [-0.15, -0.1) is 0 Å². The molecule has 6 heteroatoms. The fourth-order valence-corrected chi connectivity index (χ4v) is 1.06. The summed E-state index contributed by atoms with van der Waals surface area (Å²) < 4.78 is 37.2. The molecule has 78 valence electrons. The number of nitrogens with zero attached hydrogens (tertiary/aromatic N) is 2. The molecule has 0 unspecified atom stereocenters. The normalized spacial score (nSPS) is 11.7. The van der Waals surface area contributed by atoms with Gasteiger partial charge in [-0.1, -0.05) is 6.92 Å². The number of ketones is 1.